The molecule has 2 aromatic carbocycles. The second-order valence-corrected chi connectivity index (χ2v) is 7.17. The first-order valence-corrected chi connectivity index (χ1v) is 8.93. The minimum Gasteiger partial charge on any atom is -0.494 e. The number of carboxylic acids is 1. The number of primary amides is 1. The van der Waals surface area contributed by atoms with E-state index in [2.05, 4.69) is 9.97 Å². The summed E-state index contributed by atoms with van der Waals surface area (Å²) in [5.41, 5.74) is 6.95. The van der Waals surface area contributed by atoms with Crippen LogP contribution >= 0.6 is 22.9 Å². The highest BCUT2D eigenvalue weighted by molar-refractivity contribution is 7.21. The highest BCUT2D eigenvalue weighted by Gasteiger charge is 2.24. The zero-order chi connectivity index (χ0) is 19.3. The Morgan fingerprint density at radius 3 is 2.74 bits per heavy atom. The fraction of sp³-hybridized carbons (Fsp3) is 0.0556. The molecule has 2 heterocycles. The molecule has 4 rings (SSSR count). The van der Waals surface area contributed by atoms with Gasteiger partial charge in [0.2, 0.25) is 0 Å². The van der Waals surface area contributed by atoms with Crippen molar-refractivity contribution in [2.45, 2.75) is 0 Å². The summed E-state index contributed by atoms with van der Waals surface area (Å²) in [6.07, 6.45) is 0. The van der Waals surface area contributed by atoms with Crippen molar-refractivity contribution in [3.05, 3.63) is 45.8 Å². The summed E-state index contributed by atoms with van der Waals surface area (Å²) in [6.45, 7) is 0. The van der Waals surface area contributed by atoms with Crippen molar-refractivity contribution in [3.63, 3.8) is 0 Å². The number of hydrogen-bond donors (Lipinski definition) is 3. The van der Waals surface area contributed by atoms with Crippen LogP contribution in [0, 0.1) is 0 Å². The zero-order valence-electron chi connectivity index (χ0n) is 13.9. The number of fused-ring (bicyclic) bond motifs is 2. The quantitative estimate of drug-likeness (QED) is 0.479. The SMILES string of the molecule is COc1c(C(N)=O)ccc2nc(-c3c(C(=O)O)sc4cccc(Cl)c34)[nH]c12. The Hall–Kier alpha value is -3.10. The predicted molar refractivity (Wildman–Crippen MR) is 104 cm³/mol. The Labute approximate surface area is 161 Å². The average molecular weight is 402 g/mol. The maximum Gasteiger partial charge on any atom is 0.346 e. The van der Waals surface area contributed by atoms with Crippen LogP contribution in [0.3, 0.4) is 0 Å². The Bertz CT molecular complexity index is 1240. The summed E-state index contributed by atoms with van der Waals surface area (Å²) in [5, 5.41) is 10.7. The van der Waals surface area contributed by atoms with Crippen LogP contribution in [0.25, 0.3) is 32.5 Å². The first-order chi connectivity index (χ1) is 12.9. The van der Waals surface area contributed by atoms with Crippen LogP contribution in [0.1, 0.15) is 20.0 Å². The second-order valence-electron chi connectivity index (χ2n) is 5.71. The molecule has 0 bridgehead atoms. The van der Waals surface area contributed by atoms with Gasteiger partial charge in [0, 0.05) is 10.1 Å². The molecule has 0 spiro atoms. The monoisotopic (exact) mass is 401 g/mol. The number of hydrogen-bond acceptors (Lipinski definition) is 5. The number of nitrogens with zero attached hydrogens (tertiary/aromatic N) is 1. The Balaban J connectivity index is 2.07. The van der Waals surface area contributed by atoms with Crippen molar-refractivity contribution in [2.75, 3.05) is 7.11 Å². The molecule has 0 saturated heterocycles. The molecule has 136 valence electrons. The van der Waals surface area contributed by atoms with Crippen molar-refractivity contribution in [1.29, 1.82) is 0 Å². The summed E-state index contributed by atoms with van der Waals surface area (Å²) in [6, 6.07) is 8.40. The molecule has 2 aromatic heterocycles. The van der Waals surface area contributed by atoms with Gasteiger partial charge in [0.25, 0.3) is 5.91 Å². The average Bonchev–Trinajstić information content (AvgIpc) is 3.22. The van der Waals surface area contributed by atoms with Crippen molar-refractivity contribution in [1.82, 2.24) is 9.97 Å². The number of halogens is 1. The number of nitrogens with one attached hydrogen (secondary N) is 1. The molecule has 0 atom stereocenters. The van der Waals surface area contributed by atoms with Gasteiger partial charge in [0.05, 0.1) is 28.8 Å². The van der Waals surface area contributed by atoms with E-state index in [0.717, 1.165) is 16.0 Å². The van der Waals surface area contributed by atoms with Crippen molar-refractivity contribution in [3.8, 4) is 17.1 Å². The molecule has 27 heavy (non-hydrogen) atoms. The number of aromatic amines is 1. The van der Waals surface area contributed by atoms with Gasteiger partial charge >= 0.3 is 5.97 Å². The van der Waals surface area contributed by atoms with E-state index in [4.69, 9.17) is 22.1 Å². The molecule has 0 fully saturated rings. The van der Waals surface area contributed by atoms with E-state index in [1.54, 1.807) is 24.3 Å². The highest BCUT2D eigenvalue weighted by atomic mass is 35.5. The molecule has 0 aliphatic carbocycles. The maximum atomic E-state index is 11.8. The Morgan fingerprint density at radius 2 is 2.07 bits per heavy atom. The number of carbonyl (C=O) groups excluding carboxylic acids is 1. The lowest BCUT2D eigenvalue weighted by molar-refractivity contribution is 0.0702. The molecule has 4 N–H and O–H groups in total. The molecule has 1 amide bonds. The van der Waals surface area contributed by atoms with Gasteiger partial charge < -0.3 is 20.6 Å². The third kappa shape index (κ3) is 2.61. The number of rotatable bonds is 4. The van der Waals surface area contributed by atoms with E-state index < -0.39 is 11.9 Å². The van der Waals surface area contributed by atoms with E-state index in [0.29, 0.717) is 32.8 Å². The number of imidazole rings is 1. The number of ether oxygens (including phenoxy) is 1. The number of thiophene rings is 1. The number of aromatic nitrogens is 2. The standard InChI is InChI=1S/C18H12ClN3O4S/c1-26-14-7(16(20)23)5-6-9-13(14)22-17(21-9)12-11-8(19)3-2-4-10(11)27-15(12)18(24)25/h2-6H,1H3,(H2,20,23)(H,21,22)(H,24,25). The number of carbonyl (C=O) groups is 2. The first kappa shape index (κ1) is 17.3. The van der Waals surface area contributed by atoms with E-state index in [1.165, 1.54) is 13.2 Å². The first-order valence-electron chi connectivity index (χ1n) is 7.73. The third-order valence-corrected chi connectivity index (χ3v) is 5.63. The van der Waals surface area contributed by atoms with E-state index >= 15 is 0 Å². The van der Waals surface area contributed by atoms with Crippen molar-refractivity contribution in [2.24, 2.45) is 5.73 Å². The van der Waals surface area contributed by atoms with E-state index in [-0.39, 0.29) is 16.2 Å². The number of benzene rings is 2. The van der Waals surface area contributed by atoms with Crippen molar-refractivity contribution < 1.29 is 19.4 Å². The van der Waals surface area contributed by atoms with Crippen LogP contribution in [0.5, 0.6) is 5.75 Å². The maximum absolute atomic E-state index is 11.8. The van der Waals surface area contributed by atoms with Gasteiger partial charge in [-0.15, -0.1) is 11.3 Å². The molecule has 0 unspecified atom stereocenters. The fourth-order valence-corrected chi connectivity index (χ4v) is 4.45. The molecule has 9 heteroatoms. The molecule has 0 saturated carbocycles. The summed E-state index contributed by atoms with van der Waals surface area (Å²) in [4.78, 5) is 31.1. The summed E-state index contributed by atoms with van der Waals surface area (Å²) in [5.74, 6) is -1.14. The number of amides is 1. The van der Waals surface area contributed by atoms with Gasteiger partial charge in [-0.05, 0) is 24.3 Å². The van der Waals surface area contributed by atoms with Gasteiger partial charge in [-0.3, -0.25) is 4.79 Å². The highest BCUT2D eigenvalue weighted by Crippen LogP contribution is 2.42. The normalized spacial score (nSPS) is 11.2. The zero-order valence-corrected chi connectivity index (χ0v) is 15.4. The lowest BCUT2D eigenvalue weighted by atomic mass is 10.1. The van der Waals surface area contributed by atoms with Crippen LogP contribution in [-0.4, -0.2) is 34.1 Å². The molecular weight excluding hydrogens is 390 g/mol. The fourth-order valence-electron chi connectivity index (χ4n) is 3.06. The van der Waals surface area contributed by atoms with Crippen molar-refractivity contribution >= 4 is 55.9 Å². The van der Waals surface area contributed by atoms with Crippen LogP contribution in [0.4, 0.5) is 0 Å². The molecule has 4 aromatic rings. The summed E-state index contributed by atoms with van der Waals surface area (Å²) in [7, 11) is 1.42. The van der Waals surface area contributed by atoms with Crippen LogP contribution in [0.2, 0.25) is 5.02 Å². The summed E-state index contributed by atoms with van der Waals surface area (Å²) < 4.78 is 6.06. The number of methoxy groups -OCH3 is 1. The second kappa shape index (κ2) is 6.26. The molecular formula is C18H12ClN3O4S. The molecule has 0 aliphatic heterocycles. The van der Waals surface area contributed by atoms with Gasteiger partial charge in [0.15, 0.2) is 5.75 Å². The predicted octanol–water partition coefficient (Wildman–Crippen LogP) is 3.90. The van der Waals surface area contributed by atoms with Gasteiger partial charge in [-0.25, -0.2) is 9.78 Å². The summed E-state index contributed by atoms with van der Waals surface area (Å²) >= 11 is 7.46. The molecule has 0 radical (unpaired) electrons. The topological polar surface area (TPSA) is 118 Å². The van der Waals surface area contributed by atoms with E-state index in [1.807, 2.05) is 0 Å². The van der Waals surface area contributed by atoms with Gasteiger partial charge in [-0.1, -0.05) is 17.7 Å². The molecule has 0 aliphatic rings. The number of carboxylic acid groups (broad SMARTS) is 1. The lowest BCUT2D eigenvalue weighted by Gasteiger charge is -2.05. The Morgan fingerprint density at radius 1 is 1.30 bits per heavy atom. The number of H-pyrrole nitrogens is 1. The van der Waals surface area contributed by atoms with Crippen LogP contribution in [-0.2, 0) is 0 Å². The minimum atomic E-state index is -1.08. The largest absolute Gasteiger partial charge is 0.494 e. The number of aromatic carboxylic acids is 1. The van der Waals surface area contributed by atoms with Crippen LogP contribution in [0.15, 0.2) is 30.3 Å². The Kier molecular flexibility index (Phi) is 4.01. The third-order valence-electron chi connectivity index (χ3n) is 4.18. The molecule has 7 nitrogen and oxygen atoms in total. The lowest BCUT2D eigenvalue weighted by Crippen LogP contribution is -2.12. The number of nitrogens with two attached hydrogens (primary N) is 1. The van der Waals surface area contributed by atoms with E-state index in [9.17, 15) is 14.7 Å². The van der Waals surface area contributed by atoms with Gasteiger partial charge in [-0.2, -0.15) is 0 Å². The van der Waals surface area contributed by atoms with Crippen LogP contribution < -0.4 is 10.5 Å². The van der Waals surface area contributed by atoms with Gasteiger partial charge in [0.1, 0.15) is 16.2 Å². The smallest absolute Gasteiger partial charge is 0.346 e. The minimum absolute atomic E-state index is 0.117.